The SMILES string of the molecule is CCC(C)NC(=O)C(C)NCCOCC1CC1. The number of amides is 1. The zero-order valence-electron chi connectivity index (χ0n) is 11.3. The first-order valence-corrected chi connectivity index (χ1v) is 6.75. The van der Waals surface area contributed by atoms with Gasteiger partial charge in [-0.1, -0.05) is 6.92 Å². The number of nitrogens with one attached hydrogen (secondary N) is 2. The summed E-state index contributed by atoms with van der Waals surface area (Å²) in [7, 11) is 0. The smallest absolute Gasteiger partial charge is 0.237 e. The van der Waals surface area contributed by atoms with Crippen LogP contribution < -0.4 is 10.6 Å². The van der Waals surface area contributed by atoms with E-state index in [4.69, 9.17) is 4.74 Å². The molecule has 0 heterocycles. The van der Waals surface area contributed by atoms with Crippen LogP contribution in [0, 0.1) is 5.92 Å². The van der Waals surface area contributed by atoms with Crippen molar-refractivity contribution >= 4 is 5.91 Å². The minimum Gasteiger partial charge on any atom is -0.380 e. The van der Waals surface area contributed by atoms with Crippen molar-refractivity contribution in [2.24, 2.45) is 5.92 Å². The molecule has 0 aromatic rings. The molecule has 100 valence electrons. The second kappa shape index (κ2) is 7.67. The second-order valence-corrected chi connectivity index (χ2v) is 5.01. The van der Waals surface area contributed by atoms with E-state index in [1.54, 1.807) is 0 Å². The van der Waals surface area contributed by atoms with Gasteiger partial charge in [-0.05, 0) is 39.0 Å². The van der Waals surface area contributed by atoms with E-state index in [1.165, 1.54) is 12.8 Å². The first kappa shape index (κ1) is 14.5. The van der Waals surface area contributed by atoms with E-state index >= 15 is 0 Å². The second-order valence-electron chi connectivity index (χ2n) is 5.01. The molecule has 1 saturated carbocycles. The van der Waals surface area contributed by atoms with Crippen LogP contribution in [0.5, 0.6) is 0 Å². The highest BCUT2D eigenvalue weighted by Crippen LogP contribution is 2.28. The van der Waals surface area contributed by atoms with E-state index in [2.05, 4.69) is 17.6 Å². The predicted molar refractivity (Wildman–Crippen MR) is 68.9 cm³/mol. The Bertz CT molecular complexity index is 229. The Kier molecular flexibility index (Phi) is 6.52. The Hall–Kier alpha value is -0.610. The third kappa shape index (κ3) is 6.64. The van der Waals surface area contributed by atoms with Crippen molar-refractivity contribution in [1.82, 2.24) is 10.6 Å². The molecule has 0 bridgehead atoms. The van der Waals surface area contributed by atoms with E-state index in [0.717, 1.165) is 25.5 Å². The summed E-state index contributed by atoms with van der Waals surface area (Å²) in [6, 6.07) is 0.103. The first-order chi connectivity index (χ1) is 8.13. The highest BCUT2D eigenvalue weighted by molar-refractivity contribution is 5.81. The minimum atomic E-state index is -0.145. The van der Waals surface area contributed by atoms with Crippen molar-refractivity contribution in [3.8, 4) is 0 Å². The van der Waals surface area contributed by atoms with Gasteiger partial charge in [-0.25, -0.2) is 0 Å². The Morgan fingerprint density at radius 3 is 2.71 bits per heavy atom. The lowest BCUT2D eigenvalue weighted by molar-refractivity contribution is -0.123. The van der Waals surface area contributed by atoms with E-state index < -0.39 is 0 Å². The van der Waals surface area contributed by atoms with Gasteiger partial charge < -0.3 is 15.4 Å². The van der Waals surface area contributed by atoms with Gasteiger partial charge in [-0.2, -0.15) is 0 Å². The van der Waals surface area contributed by atoms with Gasteiger partial charge in [0.25, 0.3) is 0 Å². The van der Waals surface area contributed by atoms with Gasteiger partial charge in [-0.3, -0.25) is 4.79 Å². The average molecular weight is 242 g/mol. The maximum atomic E-state index is 11.7. The zero-order valence-corrected chi connectivity index (χ0v) is 11.3. The van der Waals surface area contributed by atoms with Crippen molar-refractivity contribution < 1.29 is 9.53 Å². The molecule has 0 aliphatic heterocycles. The van der Waals surface area contributed by atoms with Gasteiger partial charge in [0.1, 0.15) is 0 Å². The van der Waals surface area contributed by atoms with Gasteiger partial charge in [0.2, 0.25) is 5.91 Å². The topological polar surface area (TPSA) is 50.4 Å². The molecular weight excluding hydrogens is 216 g/mol. The van der Waals surface area contributed by atoms with E-state index in [0.29, 0.717) is 6.61 Å². The largest absolute Gasteiger partial charge is 0.380 e. The van der Waals surface area contributed by atoms with Crippen molar-refractivity contribution in [3.05, 3.63) is 0 Å². The lowest BCUT2D eigenvalue weighted by Crippen LogP contribution is -2.46. The standard InChI is InChI=1S/C13H26N2O2/c1-4-10(2)15-13(16)11(3)14-7-8-17-9-12-5-6-12/h10-12,14H,4-9H2,1-3H3,(H,15,16). The summed E-state index contributed by atoms with van der Waals surface area (Å²) >= 11 is 0. The fourth-order valence-electron chi connectivity index (χ4n) is 1.44. The maximum Gasteiger partial charge on any atom is 0.237 e. The summed E-state index contributed by atoms with van der Waals surface area (Å²) in [6.07, 6.45) is 3.60. The van der Waals surface area contributed by atoms with Crippen molar-refractivity contribution in [3.63, 3.8) is 0 Å². The van der Waals surface area contributed by atoms with Crippen LogP contribution in [0.3, 0.4) is 0 Å². The summed E-state index contributed by atoms with van der Waals surface area (Å²) < 4.78 is 5.50. The van der Waals surface area contributed by atoms with Crippen molar-refractivity contribution in [2.75, 3.05) is 19.8 Å². The van der Waals surface area contributed by atoms with Crippen LogP contribution in [0.1, 0.15) is 40.0 Å². The Balaban J connectivity index is 1.98. The number of carbonyl (C=O) groups is 1. The van der Waals surface area contributed by atoms with Gasteiger partial charge in [0.05, 0.1) is 12.6 Å². The zero-order chi connectivity index (χ0) is 12.7. The van der Waals surface area contributed by atoms with Crippen molar-refractivity contribution in [2.45, 2.75) is 52.1 Å². The lowest BCUT2D eigenvalue weighted by atomic mass is 10.2. The molecule has 1 fully saturated rings. The molecule has 1 aliphatic carbocycles. The summed E-state index contributed by atoms with van der Waals surface area (Å²) in [5, 5.41) is 6.13. The number of ether oxygens (including phenoxy) is 1. The highest BCUT2D eigenvalue weighted by atomic mass is 16.5. The monoisotopic (exact) mass is 242 g/mol. The Labute approximate surface area is 104 Å². The van der Waals surface area contributed by atoms with Crippen LogP contribution in [-0.2, 0) is 9.53 Å². The average Bonchev–Trinajstić information content (AvgIpc) is 3.12. The summed E-state index contributed by atoms with van der Waals surface area (Å²) in [5.74, 6) is 0.877. The first-order valence-electron chi connectivity index (χ1n) is 6.75. The third-order valence-electron chi connectivity index (χ3n) is 3.14. The number of carbonyl (C=O) groups excluding carboxylic acids is 1. The molecule has 2 unspecified atom stereocenters. The van der Waals surface area contributed by atoms with Gasteiger partial charge in [-0.15, -0.1) is 0 Å². The summed E-state index contributed by atoms with van der Waals surface area (Å²) in [4.78, 5) is 11.7. The van der Waals surface area contributed by atoms with Crippen molar-refractivity contribution in [1.29, 1.82) is 0 Å². The van der Waals surface area contributed by atoms with Gasteiger partial charge in [0, 0.05) is 19.2 Å². The molecular formula is C13H26N2O2. The minimum absolute atomic E-state index is 0.0709. The number of rotatable bonds is 9. The van der Waals surface area contributed by atoms with Crippen LogP contribution >= 0.6 is 0 Å². The Morgan fingerprint density at radius 2 is 2.12 bits per heavy atom. The molecule has 4 nitrogen and oxygen atoms in total. The molecule has 17 heavy (non-hydrogen) atoms. The van der Waals surface area contributed by atoms with E-state index in [-0.39, 0.29) is 18.0 Å². The molecule has 1 aliphatic rings. The highest BCUT2D eigenvalue weighted by Gasteiger charge is 2.21. The number of hydrogen-bond donors (Lipinski definition) is 2. The maximum absolute atomic E-state index is 11.7. The molecule has 0 saturated heterocycles. The molecule has 0 radical (unpaired) electrons. The van der Waals surface area contributed by atoms with Crippen LogP contribution in [0.4, 0.5) is 0 Å². The van der Waals surface area contributed by atoms with E-state index in [9.17, 15) is 4.79 Å². The Morgan fingerprint density at radius 1 is 1.41 bits per heavy atom. The fraction of sp³-hybridized carbons (Fsp3) is 0.923. The predicted octanol–water partition coefficient (Wildman–Crippen LogP) is 1.31. The van der Waals surface area contributed by atoms with Crippen LogP contribution in [0.15, 0.2) is 0 Å². The summed E-state index contributed by atoms with van der Waals surface area (Å²) in [5.41, 5.74) is 0. The molecule has 1 amide bonds. The molecule has 0 aromatic heterocycles. The lowest BCUT2D eigenvalue weighted by Gasteiger charge is -2.17. The quantitative estimate of drug-likeness (QED) is 0.599. The molecule has 0 spiro atoms. The molecule has 1 rings (SSSR count). The van der Waals surface area contributed by atoms with Crippen LogP contribution in [-0.4, -0.2) is 37.7 Å². The molecule has 2 N–H and O–H groups in total. The summed E-state index contributed by atoms with van der Waals surface area (Å²) in [6.45, 7) is 8.28. The van der Waals surface area contributed by atoms with Crippen LogP contribution in [0.25, 0.3) is 0 Å². The van der Waals surface area contributed by atoms with Gasteiger partial charge in [0.15, 0.2) is 0 Å². The normalized spacial score (nSPS) is 18.8. The van der Waals surface area contributed by atoms with Gasteiger partial charge >= 0.3 is 0 Å². The van der Waals surface area contributed by atoms with Crippen LogP contribution in [0.2, 0.25) is 0 Å². The third-order valence-corrected chi connectivity index (χ3v) is 3.14. The molecule has 2 atom stereocenters. The molecule has 4 heteroatoms. The molecule has 0 aromatic carbocycles. The van der Waals surface area contributed by atoms with E-state index in [1.807, 2.05) is 13.8 Å². The number of hydrogen-bond acceptors (Lipinski definition) is 3. The fourth-order valence-corrected chi connectivity index (χ4v) is 1.44.